The van der Waals surface area contributed by atoms with Crippen molar-refractivity contribution in [3.05, 3.63) is 34.9 Å². The minimum atomic E-state index is -2.01. The van der Waals surface area contributed by atoms with Crippen LogP contribution in [0, 0.1) is 23.3 Å². The van der Waals surface area contributed by atoms with Crippen LogP contribution in [0.4, 0.5) is 17.6 Å². The molecule has 0 bridgehead atoms. The summed E-state index contributed by atoms with van der Waals surface area (Å²) < 4.78 is 50.9. The van der Waals surface area contributed by atoms with Crippen molar-refractivity contribution >= 4 is 5.78 Å². The zero-order chi connectivity index (χ0) is 11.7. The van der Waals surface area contributed by atoms with E-state index in [-0.39, 0.29) is 0 Å². The van der Waals surface area contributed by atoms with Gasteiger partial charge in [0.1, 0.15) is 0 Å². The van der Waals surface area contributed by atoms with Crippen LogP contribution < -0.4 is 5.73 Å². The highest BCUT2D eigenvalue weighted by Crippen LogP contribution is 2.19. The van der Waals surface area contributed by atoms with Crippen molar-refractivity contribution in [2.75, 3.05) is 0 Å². The average Bonchev–Trinajstić information content (AvgIpc) is 2.19. The highest BCUT2D eigenvalue weighted by molar-refractivity contribution is 5.99. The Morgan fingerprint density at radius 3 is 2.20 bits per heavy atom. The van der Waals surface area contributed by atoms with Crippen molar-refractivity contribution in [3.63, 3.8) is 0 Å². The zero-order valence-corrected chi connectivity index (χ0v) is 7.65. The zero-order valence-electron chi connectivity index (χ0n) is 7.65. The highest BCUT2D eigenvalue weighted by atomic mass is 19.2. The minimum absolute atomic E-state index is 0.291. The monoisotopic (exact) mass is 221 g/mol. The van der Waals surface area contributed by atoms with Crippen molar-refractivity contribution < 1.29 is 22.4 Å². The van der Waals surface area contributed by atoms with Gasteiger partial charge in [-0.3, -0.25) is 4.79 Å². The lowest BCUT2D eigenvalue weighted by Crippen LogP contribution is -2.28. The van der Waals surface area contributed by atoms with Crippen molar-refractivity contribution in [3.8, 4) is 0 Å². The fraction of sp³-hybridized carbons (Fsp3) is 0.222. The third-order valence-electron chi connectivity index (χ3n) is 1.78. The molecule has 0 saturated heterocycles. The Hall–Kier alpha value is -1.43. The van der Waals surface area contributed by atoms with Gasteiger partial charge in [0, 0.05) is 0 Å². The van der Waals surface area contributed by atoms with Crippen LogP contribution >= 0.6 is 0 Å². The Balaban J connectivity index is 3.39. The molecule has 2 nitrogen and oxygen atoms in total. The quantitative estimate of drug-likeness (QED) is 0.358. The second-order valence-corrected chi connectivity index (χ2v) is 3.00. The predicted molar refractivity (Wildman–Crippen MR) is 44.3 cm³/mol. The second-order valence-electron chi connectivity index (χ2n) is 3.00. The second kappa shape index (κ2) is 3.98. The van der Waals surface area contributed by atoms with Crippen LogP contribution in [-0.4, -0.2) is 11.8 Å². The van der Waals surface area contributed by atoms with Crippen LogP contribution in [0.5, 0.6) is 0 Å². The summed E-state index contributed by atoms with van der Waals surface area (Å²) in [6, 6.07) is -0.830. The average molecular weight is 221 g/mol. The Morgan fingerprint density at radius 1 is 1.20 bits per heavy atom. The highest BCUT2D eigenvalue weighted by Gasteiger charge is 2.24. The first-order valence-electron chi connectivity index (χ1n) is 3.99. The van der Waals surface area contributed by atoms with E-state index in [0.717, 1.165) is 0 Å². The van der Waals surface area contributed by atoms with Gasteiger partial charge in [-0.15, -0.1) is 0 Å². The standard InChI is InChI=1S/C9H7F4NO/c1-3(14)9(15)4-2-5(10)7(12)8(13)6(4)11/h2-3H,14H2,1H3. The number of carbonyl (C=O) groups excluding carboxylic acids is 1. The van der Waals surface area contributed by atoms with Crippen LogP contribution in [0.25, 0.3) is 0 Å². The maximum Gasteiger partial charge on any atom is 0.198 e. The van der Waals surface area contributed by atoms with Crippen LogP contribution in [0.1, 0.15) is 17.3 Å². The summed E-state index contributed by atoms with van der Waals surface area (Å²) >= 11 is 0. The number of hydrogen-bond acceptors (Lipinski definition) is 2. The fourth-order valence-electron chi connectivity index (χ4n) is 0.997. The van der Waals surface area contributed by atoms with Gasteiger partial charge in [0.15, 0.2) is 29.1 Å². The van der Waals surface area contributed by atoms with E-state index in [4.69, 9.17) is 5.73 Å². The van der Waals surface area contributed by atoms with E-state index in [1.54, 1.807) is 0 Å². The molecule has 1 unspecified atom stereocenters. The predicted octanol–water partition coefficient (Wildman–Crippen LogP) is 1.77. The van der Waals surface area contributed by atoms with Crippen LogP contribution in [0.3, 0.4) is 0 Å². The van der Waals surface area contributed by atoms with Gasteiger partial charge in [-0.1, -0.05) is 0 Å². The summed E-state index contributed by atoms with van der Waals surface area (Å²) in [7, 11) is 0. The third-order valence-corrected chi connectivity index (χ3v) is 1.78. The van der Waals surface area contributed by atoms with Crippen LogP contribution in [-0.2, 0) is 0 Å². The Bertz CT molecular complexity index is 417. The SMILES string of the molecule is CC(N)C(=O)c1cc(F)c(F)c(F)c1F. The number of hydrogen-bond donors (Lipinski definition) is 1. The molecule has 0 saturated carbocycles. The number of nitrogens with two attached hydrogens (primary N) is 1. The van der Waals surface area contributed by atoms with Gasteiger partial charge in [-0.2, -0.15) is 0 Å². The molecule has 2 N–H and O–H groups in total. The first kappa shape index (κ1) is 11.6. The topological polar surface area (TPSA) is 43.1 Å². The minimum Gasteiger partial charge on any atom is -0.321 e. The first-order valence-corrected chi connectivity index (χ1v) is 3.99. The molecule has 0 amide bonds. The smallest absolute Gasteiger partial charge is 0.198 e. The van der Waals surface area contributed by atoms with Crippen molar-refractivity contribution in [2.24, 2.45) is 5.73 Å². The lowest BCUT2D eigenvalue weighted by Gasteiger charge is -2.07. The largest absolute Gasteiger partial charge is 0.321 e. The number of benzene rings is 1. The van der Waals surface area contributed by atoms with Crippen LogP contribution in [0.2, 0.25) is 0 Å². The molecule has 82 valence electrons. The summed E-state index contributed by atoms with van der Waals surface area (Å²) in [5.74, 6) is -8.31. The molecule has 1 aromatic rings. The molecule has 0 aromatic heterocycles. The Morgan fingerprint density at radius 2 is 1.73 bits per heavy atom. The molecule has 6 heteroatoms. The number of Topliss-reactive ketones (excluding diaryl/α,β-unsaturated/α-hetero) is 1. The van der Waals surface area contributed by atoms with Gasteiger partial charge in [-0.05, 0) is 13.0 Å². The van der Waals surface area contributed by atoms with Gasteiger partial charge < -0.3 is 5.73 Å². The van der Waals surface area contributed by atoms with Gasteiger partial charge in [0.05, 0.1) is 11.6 Å². The summed E-state index contributed by atoms with van der Waals surface area (Å²) in [6.45, 7) is 1.22. The van der Waals surface area contributed by atoms with E-state index in [1.165, 1.54) is 6.92 Å². The lowest BCUT2D eigenvalue weighted by molar-refractivity contribution is 0.0962. The number of carbonyl (C=O) groups is 1. The van der Waals surface area contributed by atoms with E-state index in [1.807, 2.05) is 0 Å². The maximum absolute atomic E-state index is 13.0. The van der Waals surface area contributed by atoms with E-state index in [0.29, 0.717) is 6.07 Å². The van der Waals surface area contributed by atoms with Gasteiger partial charge >= 0.3 is 0 Å². The van der Waals surface area contributed by atoms with Gasteiger partial charge in [-0.25, -0.2) is 17.6 Å². The molecule has 0 fully saturated rings. The van der Waals surface area contributed by atoms with Gasteiger partial charge in [0.25, 0.3) is 0 Å². The summed E-state index contributed by atoms with van der Waals surface area (Å²) in [5.41, 5.74) is 4.23. The van der Waals surface area contributed by atoms with E-state index in [2.05, 4.69) is 0 Å². The van der Waals surface area contributed by atoms with Crippen molar-refractivity contribution in [2.45, 2.75) is 13.0 Å². The third kappa shape index (κ3) is 1.99. The van der Waals surface area contributed by atoms with Gasteiger partial charge in [0.2, 0.25) is 0 Å². The number of halogens is 4. The number of ketones is 1. The molecule has 0 spiro atoms. The number of rotatable bonds is 2. The van der Waals surface area contributed by atoms with Crippen molar-refractivity contribution in [1.29, 1.82) is 0 Å². The molecule has 0 heterocycles. The molecule has 0 aliphatic rings. The van der Waals surface area contributed by atoms with Crippen molar-refractivity contribution in [1.82, 2.24) is 0 Å². The molecule has 1 atom stereocenters. The first-order chi connectivity index (χ1) is 6.86. The van der Waals surface area contributed by atoms with Crippen LogP contribution in [0.15, 0.2) is 6.07 Å². The summed E-state index contributed by atoms with van der Waals surface area (Å²) in [5, 5.41) is 0. The Kier molecular flexibility index (Phi) is 3.09. The van der Waals surface area contributed by atoms with E-state index < -0.39 is 40.7 Å². The molecule has 0 aliphatic heterocycles. The maximum atomic E-state index is 13.0. The molecule has 1 aromatic carbocycles. The molecular weight excluding hydrogens is 214 g/mol. The lowest BCUT2D eigenvalue weighted by atomic mass is 10.0. The normalized spacial score (nSPS) is 12.7. The molecular formula is C9H7F4NO. The molecule has 0 radical (unpaired) electrons. The summed E-state index contributed by atoms with van der Waals surface area (Å²) in [4.78, 5) is 11.2. The molecule has 1 rings (SSSR count). The van der Waals surface area contributed by atoms with E-state index in [9.17, 15) is 22.4 Å². The Labute approximate surface area is 82.7 Å². The molecule has 0 aliphatic carbocycles. The molecule has 15 heavy (non-hydrogen) atoms. The van der Waals surface area contributed by atoms with E-state index >= 15 is 0 Å². The summed E-state index contributed by atoms with van der Waals surface area (Å²) in [6.07, 6.45) is 0. The fourth-order valence-corrected chi connectivity index (χ4v) is 0.997.